The molecule has 0 unspecified atom stereocenters. The van der Waals surface area contributed by atoms with Gasteiger partial charge in [-0.05, 0) is 30.5 Å². The van der Waals surface area contributed by atoms with Gasteiger partial charge in [-0.2, -0.15) is 5.10 Å². The van der Waals surface area contributed by atoms with Crippen LogP contribution in [0.5, 0.6) is 0 Å². The van der Waals surface area contributed by atoms with Crippen molar-refractivity contribution in [3.63, 3.8) is 0 Å². The van der Waals surface area contributed by atoms with Crippen molar-refractivity contribution in [3.8, 4) is 0 Å². The molecule has 0 saturated carbocycles. The number of fused-ring (bicyclic) bond motifs is 1. The fourth-order valence-electron chi connectivity index (χ4n) is 2.15. The van der Waals surface area contributed by atoms with Gasteiger partial charge in [0.1, 0.15) is 5.39 Å². The molecule has 0 spiro atoms. The maximum atomic E-state index is 12.3. The van der Waals surface area contributed by atoms with E-state index in [4.69, 9.17) is 0 Å². The van der Waals surface area contributed by atoms with Crippen LogP contribution in [0.15, 0.2) is 29.2 Å². The van der Waals surface area contributed by atoms with Crippen LogP contribution in [0.2, 0.25) is 0 Å². The summed E-state index contributed by atoms with van der Waals surface area (Å²) < 4.78 is 2.91. The lowest BCUT2D eigenvalue weighted by molar-refractivity contribution is 0.595. The van der Waals surface area contributed by atoms with E-state index < -0.39 is 0 Å². The van der Waals surface area contributed by atoms with Gasteiger partial charge in [0, 0.05) is 7.05 Å². The van der Waals surface area contributed by atoms with Crippen molar-refractivity contribution >= 4 is 11.0 Å². The predicted octanol–water partition coefficient (Wildman–Crippen LogP) is 1.19. The van der Waals surface area contributed by atoms with Crippen LogP contribution in [-0.2, 0) is 13.6 Å². The highest BCUT2D eigenvalue weighted by atomic mass is 16.1. The zero-order valence-electron chi connectivity index (χ0n) is 11.7. The first-order valence-corrected chi connectivity index (χ1v) is 6.38. The molecule has 0 radical (unpaired) electrons. The van der Waals surface area contributed by atoms with Crippen LogP contribution in [0.4, 0.5) is 0 Å². The minimum absolute atomic E-state index is 0.165. The number of hydrogen-bond acceptors (Lipinski definition) is 4. The minimum atomic E-state index is -0.165. The van der Waals surface area contributed by atoms with Gasteiger partial charge in [-0.3, -0.25) is 4.79 Å². The van der Waals surface area contributed by atoms with E-state index in [1.165, 1.54) is 22.0 Å². The van der Waals surface area contributed by atoms with E-state index in [0.717, 1.165) is 5.56 Å². The molecule has 0 aliphatic heterocycles. The number of aryl methyl sites for hydroxylation is 3. The van der Waals surface area contributed by atoms with E-state index in [-0.39, 0.29) is 5.56 Å². The second-order valence-electron chi connectivity index (χ2n) is 4.98. The molecule has 1 aromatic carbocycles. The Morgan fingerprint density at radius 1 is 1.20 bits per heavy atom. The van der Waals surface area contributed by atoms with Gasteiger partial charge in [-0.25, -0.2) is 9.36 Å². The maximum absolute atomic E-state index is 12.3. The third kappa shape index (κ3) is 1.99. The summed E-state index contributed by atoms with van der Waals surface area (Å²) in [7, 11) is 1.74. The Morgan fingerprint density at radius 3 is 2.75 bits per heavy atom. The second-order valence-corrected chi connectivity index (χ2v) is 4.98. The second kappa shape index (κ2) is 4.56. The van der Waals surface area contributed by atoms with E-state index in [2.05, 4.69) is 35.3 Å². The van der Waals surface area contributed by atoms with Gasteiger partial charge in [-0.1, -0.05) is 23.4 Å². The summed E-state index contributed by atoms with van der Waals surface area (Å²) in [5.74, 6) is 0. The predicted molar refractivity (Wildman–Crippen MR) is 75.6 cm³/mol. The fraction of sp³-hybridized carbons (Fsp3) is 0.286. The zero-order chi connectivity index (χ0) is 14.3. The highest BCUT2D eigenvalue weighted by Crippen LogP contribution is 2.10. The van der Waals surface area contributed by atoms with Gasteiger partial charge >= 0.3 is 0 Å². The standard InChI is InChI=1S/C14H15N5O/c1-9-4-5-11(6-10(9)2)8-19-14(20)12-7-15-18(3)13(12)16-17-19/h4-7H,8H2,1-3H3. The van der Waals surface area contributed by atoms with Gasteiger partial charge in [0.25, 0.3) is 5.56 Å². The van der Waals surface area contributed by atoms with Crippen molar-refractivity contribution in [2.24, 2.45) is 7.05 Å². The van der Waals surface area contributed by atoms with Crippen molar-refractivity contribution in [2.45, 2.75) is 20.4 Å². The third-order valence-electron chi connectivity index (χ3n) is 3.52. The number of nitrogens with zero attached hydrogens (tertiary/aromatic N) is 5. The van der Waals surface area contributed by atoms with E-state index in [1.54, 1.807) is 11.7 Å². The van der Waals surface area contributed by atoms with E-state index in [9.17, 15) is 4.79 Å². The lowest BCUT2D eigenvalue weighted by Gasteiger charge is -2.06. The molecule has 0 atom stereocenters. The van der Waals surface area contributed by atoms with Crippen molar-refractivity contribution in [1.29, 1.82) is 0 Å². The van der Waals surface area contributed by atoms with E-state index in [1.807, 2.05) is 12.1 Å². The highest BCUT2D eigenvalue weighted by Gasteiger charge is 2.09. The summed E-state index contributed by atoms with van der Waals surface area (Å²) in [6, 6.07) is 6.12. The summed E-state index contributed by atoms with van der Waals surface area (Å²) >= 11 is 0. The van der Waals surface area contributed by atoms with Crippen molar-refractivity contribution in [1.82, 2.24) is 24.8 Å². The highest BCUT2D eigenvalue weighted by molar-refractivity contribution is 5.72. The Labute approximate surface area is 115 Å². The van der Waals surface area contributed by atoms with Crippen molar-refractivity contribution < 1.29 is 0 Å². The largest absolute Gasteiger partial charge is 0.281 e. The normalized spacial score (nSPS) is 11.2. The first-order chi connectivity index (χ1) is 9.56. The first-order valence-electron chi connectivity index (χ1n) is 6.38. The Balaban J connectivity index is 2.04. The molecule has 6 heteroatoms. The number of benzene rings is 1. The molecular weight excluding hydrogens is 254 g/mol. The van der Waals surface area contributed by atoms with Gasteiger partial charge in [-0.15, -0.1) is 5.10 Å². The van der Waals surface area contributed by atoms with E-state index in [0.29, 0.717) is 17.6 Å². The topological polar surface area (TPSA) is 65.6 Å². The minimum Gasteiger partial charge on any atom is -0.267 e. The molecule has 0 N–H and O–H groups in total. The van der Waals surface area contributed by atoms with Crippen LogP contribution in [0.25, 0.3) is 11.0 Å². The van der Waals surface area contributed by atoms with Crippen molar-refractivity contribution in [2.75, 3.05) is 0 Å². The van der Waals surface area contributed by atoms with Gasteiger partial charge in [0.15, 0.2) is 5.65 Å². The van der Waals surface area contributed by atoms with Crippen LogP contribution in [0, 0.1) is 13.8 Å². The molecule has 0 aliphatic carbocycles. The Morgan fingerprint density at radius 2 is 2.00 bits per heavy atom. The van der Waals surface area contributed by atoms with Gasteiger partial charge in [0.05, 0.1) is 12.7 Å². The van der Waals surface area contributed by atoms with Crippen LogP contribution < -0.4 is 5.56 Å². The summed E-state index contributed by atoms with van der Waals surface area (Å²) in [6.07, 6.45) is 1.53. The molecule has 0 fully saturated rings. The van der Waals surface area contributed by atoms with Gasteiger partial charge in [0.2, 0.25) is 0 Å². The molecule has 0 amide bonds. The SMILES string of the molecule is Cc1ccc(Cn2nnc3c(cnn3C)c2=O)cc1C. The maximum Gasteiger partial charge on any atom is 0.281 e. The van der Waals surface area contributed by atoms with Crippen LogP contribution in [0.3, 0.4) is 0 Å². The summed E-state index contributed by atoms with van der Waals surface area (Å²) in [4.78, 5) is 12.3. The Bertz CT molecular complexity index is 846. The molecule has 2 aromatic heterocycles. The Hall–Kier alpha value is -2.50. The first kappa shape index (κ1) is 12.5. The van der Waals surface area contributed by atoms with Gasteiger partial charge < -0.3 is 0 Å². The Kier molecular flexibility index (Phi) is 2.85. The van der Waals surface area contributed by atoms with Crippen LogP contribution in [-0.4, -0.2) is 24.8 Å². The lowest BCUT2D eigenvalue weighted by Crippen LogP contribution is -2.24. The fourth-order valence-corrected chi connectivity index (χ4v) is 2.15. The molecule has 0 saturated heterocycles. The molecule has 6 nitrogen and oxygen atoms in total. The molecule has 0 bridgehead atoms. The van der Waals surface area contributed by atoms with E-state index >= 15 is 0 Å². The lowest BCUT2D eigenvalue weighted by atomic mass is 10.1. The molecule has 102 valence electrons. The molecule has 2 heterocycles. The quantitative estimate of drug-likeness (QED) is 0.701. The van der Waals surface area contributed by atoms with Crippen molar-refractivity contribution in [3.05, 3.63) is 51.4 Å². The number of aromatic nitrogens is 5. The summed E-state index contributed by atoms with van der Waals surface area (Å²) in [6.45, 7) is 4.53. The average molecular weight is 269 g/mol. The van der Waals surface area contributed by atoms with Crippen LogP contribution in [0.1, 0.15) is 16.7 Å². The average Bonchev–Trinajstić information content (AvgIpc) is 2.80. The smallest absolute Gasteiger partial charge is 0.267 e. The third-order valence-corrected chi connectivity index (χ3v) is 3.52. The monoisotopic (exact) mass is 269 g/mol. The number of rotatable bonds is 2. The molecular formula is C14H15N5O. The summed E-state index contributed by atoms with van der Waals surface area (Å²) in [5.41, 5.74) is 3.81. The zero-order valence-corrected chi connectivity index (χ0v) is 11.7. The molecule has 3 rings (SSSR count). The molecule has 3 aromatic rings. The number of hydrogen-bond donors (Lipinski definition) is 0. The van der Waals surface area contributed by atoms with Crippen LogP contribution >= 0.6 is 0 Å². The summed E-state index contributed by atoms with van der Waals surface area (Å²) in [5, 5.41) is 12.6. The molecule has 20 heavy (non-hydrogen) atoms. The molecule has 0 aliphatic rings.